The number of aryl methyl sites for hydroxylation is 1. The lowest BCUT2D eigenvalue weighted by molar-refractivity contribution is 0.0626. The van der Waals surface area contributed by atoms with Crippen molar-refractivity contribution in [3.63, 3.8) is 0 Å². The highest BCUT2D eigenvalue weighted by Crippen LogP contribution is 2.32. The molecule has 0 radical (unpaired) electrons. The molecule has 0 unspecified atom stereocenters. The number of H-pyrrole nitrogens is 1. The number of Topliss-reactive ketones (excluding diaryl/α,β-unsaturated/α-hetero) is 1. The van der Waals surface area contributed by atoms with Gasteiger partial charge >= 0.3 is 0 Å². The van der Waals surface area contributed by atoms with Crippen molar-refractivity contribution in [2.45, 2.75) is 25.8 Å². The van der Waals surface area contributed by atoms with Crippen LogP contribution in [0.2, 0.25) is 0 Å². The smallest absolute Gasteiger partial charge is 0.261 e. The van der Waals surface area contributed by atoms with Crippen LogP contribution in [0.5, 0.6) is 11.5 Å². The second-order valence-corrected chi connectivity index (χ2v) is 7.94. The lowest BCUT2D eigenvalue weighted by atomic mass is 9.93. The molecule has 1 N–H and O–H groups in total. The molecule has 2 aliphatic heterocycles. The van der Waals surface area contributed by atoms with Crippen LogP contribution in [0.1, 0.15) is 44.8 Å². The van der Waals surface area contributed by atoms with Gasteiger partial charge in [0.05, 0.1) is 0 Å². The molecular formula is C22H23N3O5. The number of benzene rings is 1. The largest absolute Gasteiger partial charge is 0.454 e. The van der Waals surface area contributed by atoms with Gasteiger partial charge in [0, 0.05) is 50.4 Å². The lowest BCUT2D eigenvalue weighted by Crippen LogP contribution is -2.49. The highest BCUT2D eigenvalue weighted by atomic mass is 16.7. The third kappa shape index (κ3) is 3.47. The van der Waals surface area contributed by atoms with Gasteiger partial charge in [0.1, 0.15) is 5.56 Å². The molecule has 8 nitrogen and oxygen atoms in total. The molecule has 1 aliphatic carbocycles. The topological polar surface area (TPSA) is 91.9 Å². The fourth-order valence-electron chi connectivity index (χ4n) is 4.31. The summed E-state index contributed by atoms with van der Waals surface area (Å²) in [6.07, 6.45) is 1.87. The first kappa shape index (κ1) is 18.9. The third-order valence-corrected chi connectivity index (χ3v) is 5.99. The average Bonchev–Trinajstić information content (AvgIpc) is 3.21. The predicted octanol–water partition coefficient (Wildman–Crippen LogP) is 1.58. The number of nitrogens with zero attached hydrogens (tertiary/aromatic N) is 2. The molecule has 8 heteroatoms. The first-order valence-corrected chi connectivity index (χ1v) is 10.3. The van der Waals surface area contributed by atoms with Gasteiger partial charge in [-0.05, 0) is 36.6 Å². The summed E-state index contributed by atoms with van der Waals surface area (Å²) in [4.78, 5) is 44.3. The standard InChI is InChI=1S/C22H23N3O5/c26-18-3-1-2-17-15(18)11-16(21(27)23-17)22(28)25-8-6-24(7-9-25)12-14-4-5-19-20(10-14)30-13-29-19/h4-5,10-11H,1-3,6-9,12-13H2,(H,23,27). The number of carbonyl (C=O) groups excluding carboxylic acids is 2. The van der Waals surface area contributed by atoms with Crippen LogP contribution in [0.4, 0.5) is 0 Å². The average molecular weight is 409 g/mol. The number of pyridine rings is 1. The molecule has 0 bridgehead atoms. The lowest BCUT2D eigenvalue weighted by Gasteiger charge is -2.34. The number of aromatic nitrogens is 1. The molecule has 3 heterocycles. The van der Waals surface area contributed by atoms with E-state index in [1.807, 2.05) is 18.2 Å². The van der Waals surface area contributed by atoms with Gasteiger partial charge in [-0.25, -0.2) is 0 Å². The number of ketones is 1. The van der Waals surface area contributed by atoms with E-state index in [0.717, 1.165) is 30.0 Å². The number of aromatic amines is 1. The van der Waals surface area contributed by atoms with Crippen molar-refractivity contribution in [2.24, 2.45) is 0 Å². The highest BCUT2D eigenvalue weighted by Gasteiger charge is 2.27. The van der Waals surface area contributed by atoms with Crippen LogP contribution < -0.4 is 15.0 Å². The van der Waals surface area contributed by atoms with Gasteiger partial charge in [0.25, 0.3) is 11.5 Å². The van der Waals surface area contributed by atoms with E-state index >= 15 is 0 Å². The number of amides is 1. The SMILES string of the molecule is O=C1CCCc2[nH]c(=O)c(C(=O)N3CCN(Cc4ccc5c(c4)OCO5)CC3)cc21. The van der Waals surface area contributed by atoms with Crippen molar-refractivity contribution >= 4 is 11.7 Å². The van der Waals surface area contributed by atoms with E-state index in [0.29, 0.717) is 50.3 Å². The molecule has 1 aromatic heterocycles. The van der Waals surface area contributed by atoms with Gasteiger partial charge in [-0.2, -0.15) is 0 Å². The Morgan fingerprint density at radius 1 is 1.00 bits per heavy atom. The van der Waals surface area contributed by atoms with E-state index < -0.39 is 5.56 Å². The molecule has 0 saturated carbocycles. The molecule has 1 aromatic carbocycles. The monoisotopic (exact) mass is 409 g/mol. The Labute approximate surface area is 173 Å². The molecule has 30 heavy (non-hydrogen) atoms. The second kappa shape index (κ2) is 7.60. The number of carbonyl (C=O) groups is 2. The highest BCUT2D eigenvalue weighted by molar-refractivity contribution is 6.01. The maximum absolute atomic E-state index is 13.0. The van der Waals surface area contributed by atoms with Gasteiger partial charge in [-0.1, -0.05) is 6.07 Å². The maximum Gasteiger partial charge on any atom is 0.261 e. The van der Waals surface area contributed by atoms with Crippen LogP contribution in [-0.4, -0.2) is 59.4 Å². The third-order valence-electron chi connectivity index (χ3n) is 5.99. The Kier molecular flexibility index (Phi) is 4.78. The van der Waals surface area contributed by atoms with Gasteiger partial charge in [0.2, 0.25) is 6.79 Å². The number of hydrogen-bond acceptors (Lipinski definition) is 6. The minimum atomic E-state index is -0.406. The Hall–Kier alpha value is -3.13. The molecule has 5 rings (SSSR count). The molecule has 3 aliphatic rings. The van der Waals surface area contributed by atoms with E-state index in [9.17, 15) is 14.4 Å². The number of fused-ring (bicyclic) bond motifs is 2. The zero-order valence-corrected chi connectivity index (χ0v) is 16.6. The zero-order chi connectivity index (χ0) is 20.7. The first-order chi connectivity index (χ1) is 14.6. The minimum absolute atomic E-state index is 0.00454. The molecule has 1 saturated heterocycles. The predicted molar refractivity (Wildman–Crippen MR) is 108 cm³/mol. The van der Waals surface area contributed by atoms with Gasteiger partial charge in [-0.15, -0.1) is 0 Å². The Balaban J connectivity index is 1.24. The Morgan fingerprint density at radius 3 is 2.63 bits per heavy atom. The van der Waals surface area contributed by atoms with E-state index in [1.54, 1.807) is 4.90 Å². The first-order valence-electron chi connectivity index (χ1n) is 10.3. The quantitative estimate of drug-likeness (QED) is 0.828. The summed E-state index contributed by atoms with van der Waals surface area (Å²) < 4.78 is 10.8. The van der Waals surface area contributed by atoms with Crippen molar-refractivity contribution in [1.29, 1.82) is 0 Å². The van der Waals surface area contributed by atoms with Crippen molar-refractivity contribution < 1.29 is 19.1 Å². The minimum Gasteiger partial charge on any atom is -0.454 e. The van der Waals surface area contributed by atoms with Gasteiger partial charge in [-0.3, -0.25) is 19.3 Å². The van der Waals surface area contributed by atoms with Crippen molar-refractivity contribution in [2.75, 3.05) is 33.0 Å². The summed E-state index contributed by atoms with van der Waals surface area (Å²) >= 11 is 0. The summed E-state index contributed by atoms with van der Waals surface area (Å²) in [5, 5.41) is 0. The summed E-state index contributed by atoms with van der Waals surface area (Å²) in [6.45, 7) is 3.51. The fourth-order valence-corrected chi connectivity index (χ4v) is 4.31. The van der Waals surface area contributed by atoms with E-state index in [1.165, 1.54) is 6.07 Å². The van der Waals surface area contributed by atoms with Crippen molar-refractivity contribution in [1.82, 2.24) is 14.8 Å². The zero-order valence-electron chi connectivity index (χ0n) is 16.6. The summed E-state index contributed by atoms with van der Waals surface area (Å²) in [5.41, 5.74) is 1.93. The molecule has 1 fully saturated rings. The van der Waals surface area contributed by atoms with Crippen molar-refractivity contribution in [3.05, 3.63) is 57.0 Å². The molecular weight excluding hydrogens is 386 g/mol. The van der Waals surface area contributed by atoms with Crippen LogP contribution in [0.25, 0.3) is 0 Å². The molecule has 2 aromatic rings. The second-order valence-electron chi connectivity index (χ2n) is 7.94. The van der Waals surface area contributed by atoms with Crippen LogP contribution in [-0.2, 0) is 13.0 Å². The molecule has 156 valence electrons. The molecule has 1 amide bonds. The van der Waals surface area contributed by atoms with E-state index in [4.69, 9.17) is 9.47 Å². The molecule has 0 atom stereocenters. The number of nitrogens with one attached hydrogen (secondary N) is 1. The fraction of sp³-hybridized carbons (Fsp3) is 0.409. The van der Waals surface area contributed by atoms with Crippen LogP contribution >= 0.6 is 0 Å². The number of piperazine rings is 1. The van der Waals surface area contributed by atoms with Crippen LogP contribution in [0.15, 0.2) is 29.1 Å². The van der Waals surface area contributed by atoms with E-state index in [-0.39, 0.29) is 24.0 Å². The van der Waals surface area contributed by atoms with Crippen LogP contribution in [0.3, 0.4) is 0 Å². The van der Waals surface area contributed by atoms with Gasteiger partial charge in [0.15, 0.2) is 17.3 Å². The van der Waals surface area contributed by atoms with Crippen molar-refractivity contribution in [3.8, 4) is 11.5 Å². The van der Waals surface area contributed by atoms with E-state index in [2.05, 4.69) is 9.88 Å². The van der Waals surface area contributed by atoms with Gasteiger partial charge < -0.3 is 19.4 Å². The number of ether oxygens (including phenoxy) is 2. The summed E-state index contributed by atoms with van der Waals surface area (Å²) in [6, 6.07) is 7.43. The molecule has 0 spiro atoms. The summed E-state index contributed by atoms with van der Waals surface area (Å²) in [5.74, 6) is 1.22. The summed E-state index contributed by atoms with van der Waals surface area (Å²) in [7, 11) is 0. The number of hydrogen-bond donors (Lipinski definition) is 1. The Bertz CT molecular complexity index is 1070. The Morgan fingerprint density at radius 2 is 1.80 bits per heavy atom. The van der Waals surface area contributed by atoms with Crippen LogP contribution in [0, 0.1) is 0 Å². The maximum atomic E-state index is 13.0. The number of rotatable bonds is 3. The normalized spacial score (nSPS) is 18.4.